The number of ether oxygens (including phenoxy) is 1. The van der Waals surface area contributed by atoms with Crippen molar-refractivity contribution in [2.24, 2.45) is 29.6 Å². The van der Waals surface area contributed by atoms with Crippen molar-refractivity contribution < 1.29 is 28.3 Å². The highest BCUT2D eigenvalue weighted by atomic mass is 19.1. The number of amides is 3. The molecular weight excluding hydrogens is 451 g/mol. The van der Waals surface area contributed by atoms with Crippen molar-refractivity contribution in [3.63, 3.8) is 0 Å². The molecule has 7 nitrogen and oxygen atoms in total. The van der Waals surface area contributed by atoms with Crippen LogP contribution in [0, 0.1) is 42.3 Å². The summed E-state index contributed by atoms with van der Waals surface area (Å²) in [5.41, 5.74) is 1.68. The lowest BCUT2D eigenvalue weighted by Gasteiger charge is -2.20. The molecule has 2 bridgehead atoms. The van der Waals surface area contributed by atoms with Gasteiger partial charge in [0.25, 0.3) is 0 Å². The summed E-state index contributed by atoms with van der Waals surface area (Å²) < 4.78 is 18.7. The molecule has 178 valence electrons. The quantitative estimate of drug-likeness (QED) is 0.294. The molecule has 6 rings (SSSR count). The van der Waals surface area contributed by atoms with Crippen LogP contribution in [0.25, 0.3) is 0 Å². The number of carbonyl (C=O) groups excluding carboxylic acids is 4. The molecule has 0 N–H and O–H groups in total. The minimum absolute atomic E-state index is 0.00318. The second-order valence-corrected chi connectivity index (χ2v) is 9.76. The Morgan fingerprint density at radius 2 is 1.63 bits per heavy atom. The molecule has 2 aromatic rings. The molecule has 0 spiro atoms. The fraction of sp³-hybridized carbons (Fsp3) is 0.333. The Hall–Kier alpha value is -3.81. The van der Waals surface area contributed by atoms with E-state index in [0.29, 0.717) is 16.9 Å². The molecule has 4 aliphatic rings. The zero-order chi connectivity index (χ0) is 24.4. The van der Waals surface area contributed by atoms with Crippen LogP contribution in [0.15, 0.2) is 54.6 Å². The summed E-state index contributed by atoms with van der Waals surface area (Å²) >= 11 is 0. The molecule has 2 aliphatic heterocycles. The zero-order valence-electron chi connectivity index (χ0n) is 19.0. The second kappa shape index (κ2) is 7.86. The van der Waals surface area contributed by atoms with Crippen molar-refractivity contribution in [2.45, 2.75) is 19.8 Å². The first-order chi connectivity index (χ1) is 16.8. The van der Waals surface area contributed by atoms with E-state index >= 15 is 0 Å². The molecule has 2 aliphatic carbocycles. The number of hydrogen-bond donors (Lipinski definition) is 0. The maximum atomic E-state index is 13.2. The van der Waals surface area contributed by atoms with Gasteiger partial charge in [-0.1, -0.05) is 12.2 Å². The number of nitrogens with zero attached hydrogens (tertiary/aromatic N) is 2. The van der Waals surface area contributed by atoms with Crippen LogP contribution >= 0.6 is 0 Å². The van der Waals surface area contributed by atoms with E-state index in [-0.39, 0.29) is 60.1 Å². The number of benzene rings is 2. The third kappa shape index (κ3) is 3.38. The SMILES string of the molecule is Cc1cc(OC(=O)[C@@H]2CC(=O)N(c3ccc(F)cc3)C2)ccc1N1C(=O)[C@@H]2[C@@H](C1=O)[C@H]1C=C[C@H]2C1. The molecule has 2 saturated heterocycles. The lowest BCUT2D eigenvalue weighted by molar-refractivity contribution is -0.139. The van der Waals surface area contributed by atoms with Gasteiger partial charge in [0.05, 0.1) is 23.4 Å². The lowest BCUT2D eigenvalue weighted by atomic mass is 9.85. The molecule has 2 heterocycles. The van der Waals surface area contributed by atoms with E-state index in [1.165, 1.54) is 34.1 Å². The van der Waals surface area contributed by atoms with E-state index in [9.17, 15) is 23.6 Å². The van der Waals surface area contributed by atoms with Crippen LogP contribution in [0.1, 0.15) is 18.4 Å². The van der Waals surface area contributed by atoms with Gasteiger partial charge in [-0.2, -0.15) is 0 Å². The van der Waals surface area contributed by atoms with Crippen LogP contribution < -0.4 is 14.5 Å². The van der Waals surface area contributed by atoms with Gasteiger partial charge in [-0.25, -0.2) is 9.29 Å². The summed E-state index contributed by atoms with van der Waals surface area (Å²) in [6, 6.07) is 10.4. The van der Waals surface area contributed by atoms with E-state index in [1.54, 1.807) is 25.1 Å². The van der Waals surface area contributed by atoms with Gasteiger partial charge in [0.1, 0.15) is 11.6 Å². The fourth-order valence-corrected chi connectivity index (χ4v) is 6.02. The molecule has 0 radical (unpaired) electrons. The molecule has 5 atom stereocenters. The predicted molar refractivity (Wildman–Crippen MR) is 124 cm³/mol. The summed E-state index contributed by atoms with van der Waals surface area (Å²) in [4.78, 5) is 54.1. The van der Waals surface area contributed by atoms with E-state index in [0.717, 1.165) is 6.42 Å². The first-order valence-corrected chi connectivity index (χ1v) is 11.8. The monoisotopic (exact) mass is 474 g/mol. The second-order valence-electron chi connectivity index (χ2n) is 9.76. The van der Waals surface area contributed by atoms with Gasteiger partial charge in [-0.15, -0.1) is 0 Å². The highest BCUT2D eigenvalue weighted by Crippen LogP contribution is 2.53. The van der Waals surface area contributed by atoms with Crippen LogP contribution in [0.3, 0.4) is 0 Å². The van der Waals surface area contributed by atoms with Crippen LogP contribution in [0.2, 0.25) is 0 Å². The fourth-order valence-electron chi connectivity index (χ4n) is 6.02. The predicted octanol–water partition coefficient (Wildman–Crippen LogP) is 3.40. The third-order valence-corrected chi connectivity index (χ3v) is 7.69. The van der Waals surface area contributed by atoms with E-state index in [1.807, 2.05) is 0 Å². The van der Waals surface area contributed by atoms with Gasteiger partial charge in [0.2, 0.25) is 17.7 Å². The van der Waals surface area contributed by atoms with E-state index < -0.39 is 17.7 Å². The van der Waals surface area contributed by atoms with Crippen molar-refractivity contribution in [1.29, 1.82) is 0 Å². The summed E-state index contributed by atoms with van der Waals surface area (Å²) in [6.45, 7) is 1.92. The lowest BCUT2D eigenvalue weighted by Crippen LogP contribution is -2.33. The summed E-state index contributed by atoms with van der Waals surface area (Å²) in [5.74, 6) is -2.15. The Balaban J connectivity index is 1.15. The molecule has 1 saturated carbocycles. The summed E-state index contributed by atoms with van der Waals surface area (Å²) in [6.07, 6.45) is 4.99. The smallest absolute Gasteiger partial charge is 0.316 e. The minimum Gasteiger partial charge on any atom is -0.426 e. The van der Waals surface area contributed by atoms with Crippen LogP contribution in [0.4, 0.5) is 15.8 Å². The molecule has 3 fully saturated rings. The Labute approximate surface area is 201 Å². The maximum Gasteiger partial charge on any atom is 0.316 e. The molecule has 0 unspecified atom stereocenters. The molecule has 3 amide bonds. The Kier molecular flexibility index (Phi) is 4.88. The van der Waals surface area contributed by atoms with Crippen molar-refractivity contribution >= 4 is 35.1 Å². The molecule has 2 aromatic carbocycles. The van der Waals surface area contributed by atoms with Crippen LogP contribution in [-0.2, 0) is 19.2 Å². The average Bonchev–Trinajstić information content (AvgIpc) is 3.59. The Bertz CT molecular complexity index is 1270. The minimum atomic E-state index is -0.656. The van der Waals surface area contributed by atoms with Crippen LogP contribution in [-0.4, -0.2) is 30.2 Å². The number of anilines is 2. The third-order valence-electron chi connectivity index (χ3n) is 7.69. The average molecular weight is 474 g/mol. The first-order valence-electron chi connectivity index (χ1n) is 11.8. The van der Waals surface area contributed by atoms with Crippen molar-refractivity contribution in [2.75, 3.05) is 16.3 Å². The zero-order valence-corrected chi connectivity index (χ0v) is 19.0. The van der Waals surface area contributed by atoms with Gasteiger partial charge in [0.15, 0.2) is 0 Å². The van der Waals surface area contributed by atoms with Crippen molar-refractivity contribution in [3.05, 3.63) is 66.0 Å². The van der Waals surface area contributed by atoms with Gasteiger partial charge in [0, 0.05) is 18.7 Å². The molecule has 35 heavy (non-hydrogen) atoms. The largest absolute Gasteiger partial charge is 0.426 e. The first kappa shape index (κ1) is 21.7. The number of aryl methyl sites for hydroxylation is 1. The number of imide groups is 1. The number of halogens is 1. The van der Waals surface area contributed by atoms with E-state index in [2.05, 4.69) is 12.2 Å². The Morgan fingerprint density at radius 1 is 0.971 bits per heavy atom. The van der Waals surface area contributed by atoms with Gasteiger partial charge in [-0.05, 0) is 73.2 Å². The topological polar surface area (TPSA) is 84.0 Å². The number of rotatable bonds is 4. The molecular formula is C27H23FN2O5. The number of hydrogen-bond acceptors (Lipinski definition) is 5. The maximum absolute atomic E-state index is 13.2. The van der Waals surface area contributed by atoms with Gasteiger partial charge >= 0.3 is 5.97 Å². The van der Waals surface area contributed by atoms with Crippen LogP contribution in [0.5, 0.6) is 5.75 Å². The number of allylic oxidation sites excluding steroid dienone is 2. The van der Waals surface area contributed by atoms with Crippen molar-refractivity contribution in [3.8, 4) is 5.75 Å². The highest BCUT2D eigenvalue weighted by Gasteiger charge is 2.59. The number of fused-ring (bicyclic) bond motifs is 5. The molecule has 0 aromatic heterocycles. The number of esters is 1. The summed E-state index contributed by atoms with van der Waals surface area (Å²) in [5, 5.41) is 0. The standard InChI is InChI=1S/C27H23FN2O5/c1-14-10-20(35-27(34)17-12-22(31)29(13-17)19-6-4-18(28)5-7-19)8-9-21(14)30-25(32)23-15-2-3-16(11-15)24(23)26(30)33/h2-10,15-17,23-24H,11-13H2,1H3/t15-,16-,17+,23-,24-/m0/s1. The Morgan fingerprint density at radius 3 is 2.26 bits per heavy atom. The normalized spacial score (nSPS) is 28.9. The number of carbonyl (C=O) groups is 4. The highest BCUT2D eigenvalue weighted by molar-refractivity contribution is 6.23. The summed E-state index contributed by atoms with van der Waals surface area (Å²) in [7, 11) is 0. The molecule has 8 heteroatoms. The van der Waals surface area contributed by atoms with E-state index in [4.69, 9.17) is 4.74 Å². The van der Waals surface area contributed by atoms with Crippen molar-refractivity contribution in [1.82, 2.24) is 0 Å². The van der Waals surface area contributed by atoms with Gasteiger partial charge < -0.3 is 9.64 Å². The van der Waals surface area contributed by atoms with Gasteiger partial charge in [-0.3, -0.25) is 19.2 Å².